The van der Waals surface area contributed by atoms with Gasteiger partial charge in [0.1, 0.15) is 22.2 Å². The zero-order valence-electron chi connectivity index (χ0n) is 14.2. The summed E-state index contributed by atoms with van der Waals surface area (Å²) in [6.45, 7) is 3.72. The van der Waals surface area contributed by atoms with Crippen LogP contribution in [0, 0.1) is 13.8 Å². The molecule has 0 atom stereocenters. The van der Waals surface area contributed by atoms with E-state index >= 15 is 0 Å². The van der Waals surface area contributed by atoms with Gasteiger partial charge >= 0.3 is 0 Å². The molecular weight excluding hydrogens is 350 g/mol. The Hall–Kier alpha value is -3.13. The van der Waals surface area contributed by atoms with Crippen LogP contribution in [0.3, 0.4) is 0 Å². The highest BCUT2D eigenvalue weighted by molar-refractivity contribution is 7.09. The van der Waals surface area contributed by atoms with Crippen LogP contribution in [0.2, 0.25) is 0 Å². The van der Waals surface area contributed by atoms with E-state index in [2.05, 4.69) is 19.9 Å². The first-order valence-corrected chi connectivity index (χ1v) is 8.84. The molecular formula is C18H15N5O2S. The van der Waals surface area contributed by atoms with Gasteiger partial charge < -0.3 is 9.14 Å². The molecule has 4 aromatic rings. The third-order valence-electron chi connectivity index (χ3n) is 3.73. The predicted molar refractivity (Wildman–Crippen MR) is 96.9 cm³/mol. The number of Topliss-reactive ketones (excluding diaryl/α,β-unsaturated/α-hetero) is 1. The van der Waals surface area contributed by atoms with Crippen molar-refractivity contribution in [1.82, 2.24) is 24.3 Å². The molecule has 0 bridgehead atoms. The first kappa shape index (κ1) is 16.3. The van der Waals surface area contributed by atoms with E-state index in [0.717, 1.165) is 10.7 Å². The Kier molecular flexibility index (Phi) is 4.18. The fourth-order valence-corrected chi connectivity index (χ4v) is 3.32. The summed E-state index contributed by atoms with van der Waals surface area (Å²) >= 11 is 1.48. The minimum absolute atomic E-state index is 0.0545. The number of ether oxygens (including phenoxy) is 1. The van der Waals surface area contributed by atoms with Crippen LogP contribution in [0.4, 0.5) is 0 Å². The summed E-state index contributed by atoms with van der Waals surface area (Å²) in [5.41, 5.74) is 2.00. The number of rotatable bonds is 5. The Labute approximate surface area is 153 Å². The van der Waals surface area contributed by atoms with E-state index in [-0.39, 0.29) is 12.2 Å². The van der Waals surface area contributed by atoms with Gasteiger partial charge in [0.05, 0.1) is 30.6 Å². The molecule has 0 unspecified atom stereocenters. The maximum absolute atomic E-state index is 12.8. The molecule has 0 spiro atoms. The Morgan fingerprint density at radius 2 is 2.00 bits per heavy atom. The first-order valence-electron chi connectivity index (χ1n) is 7.96. The van der Waals surface area contributed by atoms with Gasteiger partial charge in [-0.1, -0.05) is 0 Å². The monoisotopic (exact) mass is 365 g/mol. The SMILES string of the molecule is Cc1csc(CC(=O)c2cc(Oc3cnc(C)nc3)cn3ccnc23)n1. The quantitative estimate of drug-likeness (QED) is 0.504. The molecule has 130 valence electrons. The highest BCUT2D eigenvalue weighted by Gasteiger charge is 2.16. The van der Waals surface area contributed by atoms with Crippen molar-refractivity contribution in [3.8, 4) is 11.5 Å². The van der Waals surface area contributed by atoms with Crippen molar-refractivity contribution in [1.29, 1.82) is 0 Å². The van der Waals surface area contributed by atoms with Gasteiger partial charge in [0.25, 0.3) is 0 Å². The summed E-state index contributed by atoms with van der Waals surface area (Å²) in [6, 6.07) is 1.70. The minimum Gasteiger partial charge on any atom is -0.453 e. The van der Waals surface area contributed by atoms with Crippen molar-refractivity contribution in [3.05, 3.63) is 64.5 Å². The molecule has 0 aliphatic carbocycles. The molecule has 0 aliphatic rings. The van der Waals surface area contributed by atoms with Crippen molar-refractivity contribution in [3.63, 3.8) is 0 Å². The maximum atomic E-state index is 12.8. The summed E-state index contributed by atoms with van der Waals surface area (Å²) in [7, 11) is 0. The molecule has 0 fully saturated rings. The molecule has 0 radical (unpaired) electrons. The van der Waals surface area contributed by atoms with Crippen LogP contribution in [-0.4, -0.2) is 30.1 Å². The van der Waals surface area contributed by atoms with Crippen molar-refractivity contribution in [2.75, 3.05) is 0 Å². The Morgan fingerprint density at radius 1 is 1.19 bits per heavy atom. The average molecular weight is 365 g/mol. The molecule has 0 saturated carbocycles. The fraction of sp³-hybridized carbons (Fsp3) is 0.167. The van der Waals surface area contributed by atoms with E-state index in [4.69, 9.17) is 4.74 Å². The summed E-state index contributed by atoms with van der Waals surface area (Å²) in [5, 5.41) is 2.72. The third-order valence-corrected chi connectivity index (χ3v) is 4.70. The molecule has 8 heteroatoms. The zero-order valence-corrected chi connectivity index (χ0v) is 15.0. The van der Waals surface area contributed by atoms with Crippen LogP contribution in [0.1, 0.15) is 26.9 Å². The molecule has 4 heterocycles. The highest BCUT2D eigenvalue weighted by atomic mass is 32.1. The van der Waals surface area contributed by atoms with Crippen LogP contribution < -0.4 is 4.74 Å². The van der Waals surface area contributed by atoms with Crippen LogP contribution in [-0.2, 0) is 6.42 Å². The summed E-state index contributed by atoms with van der Waals surface area (Å²) in [4.78, 5) is 29.7. The van der Waals surface area contributed by atoms with E-state index in [1.807, 2.05) is 12.3 Å². The van der Waals surface area contributed by atoms with E-state index in [1.165, 1.54) is 11.3 Å². The lowest BCUT2D eigenvalue weighted by Gasteiger charge is -2.09. The molecule has 26 heavy (non-hydrogen) atoms. The lowest BCUT2D eigenvalue weighted by molar-refractivity contribution is 0.0993. The molecule has 0 aliphatic heterocycles. The second-order valence-corrected chi connectivity index (χ2v) is 6.74. The molecule has 7 nitrogen and oxygen atoms in total. The van der Waals surface area contributed by atoms with Crippen molar-refractivity contribution >= 4 is 22.8 Å². The zero-order chi connectivity index (χ0) is 18.1. The molecule has 0 saturated heterocycles. The number of aromatic nitrogens is 5. The van der Waals surface area contributed by atoms with Crippen molar-refractivity contribution in [2.24, 2.45) is 0 Å². The van der Waals surface area contributed by atoms with Crippen LogP contribution in [0.15, 0.2) is 42.4 Å². The largest absolute Gasteiger partial charge is 0.453 e. The van der Waals surface area contributed by atoms with Crippen LogP contribution in [0.5, 0.6) is 11.5 Å². The van der Waals surface area contributed by atoms with Crippen LogP contribution >= 0.6 is 11.3 Å². The average Bonchev–Trinajstić information content (AvgIpc) is 3.25. The van der Waals surface area contributed by atoms with Gasteiger partial charge in [0, 0.05) is 23.5 Å². The molecule has 0 aromatic carbocycles. The number of carbonyl (C=O) groups is 1. The number of ketones is 1. The van der Waals surface area contributed by atoms with Crippen molar-refractivity contribution in [2.45, 2.75) is 20.3 Å². The number of nitrogens with zero attached hydrogens (tertiary/aromatic N) is 5. The number of pyridine rings is 1. The van der Waals surface area contributed by atoms with Gasteiger partial charge in [-0.2, -0.15) is 0 Å². The van der Waals surface area contributed by atoms with E-state index in [1.54, 1.807) is 48.4 Å². The minimum atomic E-state index is -0.0545. The van der Waals surface area contributed by atoms with E-state index in [9.17, 15) is 4.79 Å². The number of imidazole rings is 1. The molecule has 0 amide bonds. The number of aryl methyl sites for hydroxylation is 2. The van der Waals surface area contributed by atoms with Gasteiger partial charge in [0.15, 0.2) is 11.5 Å². The smallest absolute Gasteiger partial charge is 0.173 e. The standard InChI is InChI=1S/C18H15N5O2S/c1-11-10-26-17(22-11)6-16(24)15-5-13(9-23-4-3-19-18(15)23)25-14-7-20-12(2)21-8-14/h3-5,7-10H,6H2,1-2H3. The number of thiazole rings is 1. The second-order valence-electron chi connectivity index (χ2n) is 5.80. The lowest BCUT2D eigenvalue weighted by atomic mass is 10.1. The topological polar surface area (TPSA) is 82.3 Å². The van der Waals surface area contributed by atoms with E-state index in [0.29, 0.717) is 28.5 Å². The Morgan fingerprint density at radius 3 is 2.73 bits per heavy atom. The molecule has 4 rings (SSSR count). The summed E-state index contributed by atoms with van der Waals surface area (Å²) in [5.74, 6) is 1.63. The number of carbonyl (C=O) groups excluding carboxylic acids is 1. The van der Waals surface area contributed by atoms with Gasteiger partial charge in [0.2, 0.25) is 0 Å². The molecule has 0 N–H and O–H groups in total. The summed E-state index contributed by atoms with van der Waals surface area (Å²) < 4.78 is 7.59. The molecule has 4 aromatic heterocycles. The van der Waals surface area contributed by atoms with Gasteiger partial charge in [-0.05, 0) is 19.9 Å². The predicted octanol–water partition coefficient (Wildman–Crippen LogP) is 3.42. The number of fused-ring (bicyclic) bond motifs is 1. The van der Waals surface area contributed by atoms with Crippen LogP contribution in [0.25, 0.3) is 5.65 Å². The number of hydrogen-bond acceptors (Lipinski definition) is 7. The third kappa shape index (κ3) is 3.31. The normalized spacial score (nSPS) is 11.0. The van der Waals surface area contributed by atoms with Crippen molar-refractivity contribution < 1.29 is 9.53 Å². The Balaban J connectivity index is 1.67. The number of hydrogen-bond donors (Lipinski definition) is 0. The summed E-state index contributed by atoms with van der Waals surface area (Å²) in [6.07, 6.45) is 8.63. The fourth-order valence-electron chi connectivity index (χ4n) is 2.55. The maximum Gasteiger partial charge on any atom is 0.173 e. The highest BCUT2D eigenvalue weighted by Crippen LogP contribution is 2.25. The van der Waals surface area contributed by atoms with Gasteiger partial charge in [-0.25, -0.2) is 19.9 Å². The Bertz CT molecular complexity index is 1080. The van der Waals surface area contributed by atoms with E-state index < -0.39 is 0 Å². The van der Waals surface area contributed by atoms with Gasteiger partial charge in [-0.15, -0.1) is 11.3 Å². The van der Waals surface area contributed by atoms with Gasteiger partial charge in [-0.3, -0.25) is 4.79 Å². The lowest BCUT2D eigenvalue weighted by Crippen LogP contribution is -2.07. The first-order chi connectivity index (χ1) is 12.6. The second kappa shape index (κ2) is 6.64.